The zero-order chi connectivity index (χ0) is 7.28. The molecule has 0 aliphatic carbocycles. The highest BCUT2D eigenvalue weighted by Gasteiger charge is 2.08. The molecule has 0 heterocycles. The SMILES string of the molecule is CSCC[C@H](N)C(=O)O.Cl.Cl.Cl. The molecule has 0 spiro atoms. The maximum atomic E-state index is 10.1. The van der Waals surface area contributed by atoms with E-state index in [0.717, 1.165) is 5.75 Å². The van der Waals surface area contributed by atoms with Gasteiger partial charge in [0, 0.05) is 0 Å². The van der Waals surface area contributed by atoms with E-state index < -0.39 is 12.0 Å². The van der Waals surface area contributed by atoms with E-state index >= 15 is 0 Å². The van der Waals surface area contributed by atoms with Gasteiger partial charge in [0.1, 0.15) is 6.04 Å². The van der Waals surface area contributed by atoms with E-state index in [0.29, 0.717) is 6.42 Å². The standard InChI is InChI=1S/C5H11NO2S.3ClH/c1-9-3-2-4(6)5(7)8;;;/h4H,2-3,6H2,1H3,(H,7,8);3*1H/t4-;;;/m0.../s1. The zero-order valence-electron chi connectivity index (χ0n) is 6.56. The van der Waals surface area contributed by atoms with Crippen LogP contribution in [-0.2, 0) is 4.79 Å². The lowest BCUT2D eigenvalue weighted by atomic mass is 10.2. The predicted octanol–water partition coefficient (Wildman–Crippen LogP) is 1.42. The summed E-state index contributed by atoms with van der Waals surface area (Å²) in [5, 5.41) is 8.27. The molecule has 0 saturated heterocycles. The summed E-state index contributed by atoms with van der Waals surface area (Å²) in [6.45, 7) is 0. The number of rotatable bonds is 4. The van der Waals surface area contributed by atoms with Crippen molar-refractivity contribution in [2.24, 2.45) is 5.73 Å². The van der Waals surface area contributed by atoms with Crippen LogP contribution in [-0.4, -0.2) is 29.1 Å². The minimum absolute atomic E-state index is 0. The lowest BCUT2D eigenvalue weighted by molar-refractivity contribution is -0.138. The summed E-state index contributed by atoms with van der Waals surface area (Å²) in [7, 11) is 0. The van der Waals surface area contributed by atoms with Crippen LogP contribution in [0.2, 0.25) is 0 Å². The van der Waals surface area contributed by atoms with Gasteiger partial charge in [-0.25, -0.2) is 0 Å². The predicted molar refractivity (Wildman–Crippen MR) is 60.4 cm³/mol. The summed E-state index contributed by atoms with van der Waals surface area (Å²) in [6.07, 6.45) is 2.48. The number of carbonyl (C=O) groups is 1. The number of thioether (sulfide) groups is 1. The highest BCUT2D eigenvalue weighted by atomic mass is 35.5. The maximum absolute atomic E-state index is 10.1. The Morgan fingerprint density at radius 1 is 1.50 bits per heavy atom. The number of hydrogen-bond donors (Lipinski definition) is 2. The molecular formula is C5H14Cl3NO2S. The molecule has 0 radical (unpaired) electrons. The molecule has 0 amide bonds. The van der Waals surface area contributed by atoms with Gasteiger partial charge >= 0.3 is 5.97 Å². The smallest absolute Gasteiger partial charge is 0.320 e. The quantitative estimate of drug-likeness (QED) is 0.800. The van der Waals surface area contributed by atoms with Crippen molar-refractivity contribution in [3.8, 4) is 0 Å². The van der Waals surface area contributed by atoms with E-state index in [9.17, 15) is 4.79 Å². The molecule has 0 fully saturated rings. The van der Waals surface area contributed by atoms with Gasteiger partial charge in [0.25, 0.3) is 0 Å². The first-order chi connectivity index (χ1) is 4.18. The molecule has 78 valence electrons. The Hall–Kier alpha value is 0.650. The van der Waals surface area contributed by atoms with Crippen LogP contribution in [0.25, 0.3) is 0 Å². The average Bonchev–Trinajstić information content (AvgIpc) is 1.82. The fourth-order valence-corrected chi connectivity index (χ4v) is 0.858. The third-order valence-corrected chi connectivity index (χ3v) is 1.59. The van der Waals surface area contributed by atoms with Crippen LogP contribution in [0.15, 0.2) is 0 Å². The number of nitrogens with two attached hydrogens (primary N) is 1. The summed E-state index contributed by atoms with van der Waals surface area (Å²) in [5.41, 5.74) is 5.19. The van der Waals surface area contributed by atoms with Gasteiger partial charge in [-0.05, 0) is 18.4 Å². The second-order valence-electron chi connectivity index (χ2n) is 1.73. The molecule has 0 rings (SSSR count). The summed E-state index contributed by atoms with van der Waals surface area (Å²) < 4.78 is 0. The molecule has 0 aromatic heterocycles. The molecule has 0 bridgehead atoms. The van der Waals surface area contributed by atoms with E-state index in [1.807, 2.05) is 6.26 Å². The molecule has 0 aliphatic rings. The first-order valence-corrected chi connectivity index (χ1v) is 4.05. The summed E-state index contributed by atoms with van der Waals surface area (Å²) in [4.78, 5) is 10.1. The Kier molecular flexibility index (Phi) is 27.1. The largest absolute Gasteiger partial charge is 0.480 e. The first kappa shape index (κ1) is 22.9. The number of hydrogen-bond acceptors (Lipinski definition) is 3. The minimum atomic E-state index is -0.913. The third kappa shape index (κ3) is 13.3. The molecule has 0 aromatic rings. The van der Waals surface area contributed by atoms with Crippen LogP contribution in [0, 0.1) is 0 Å². The van der Waals surface area contributed by atoms with Crippen molar-refractivity contribution in [2.75, 3.05) is 12.0 Å². The minimum Gasteiger partial charge on any atom is -0.480 e. The highest BCUT2D eigenvalue weighted by molar-refractivity contribution is 7.98. The van der Waals surface area contributed by atoms with Crippen molar-refractivity contribution in [3.63, 3.8) is 0 Å². The normalized spacial score (nSPS) is 9.83. The molecule has 1 atom stereocenters. The van der Waals surface area contributed by atoms with Crippen molar-refractivity contribution in [3.05, 3.63) is 0 Å². The van der Waals surface area contributed by atoms with E-state index in [2.05, 4.69) is 0 Å². The van der Waals surface area contributed by atoms with Crippen molar-refractivity contribution in [2.45, 2.75) is 12.5 Å². The Labute approximate surface area is 95.1 Å². The monoisotopic (exact) mass is 257 g/mol. The van der Waals surface area contributed by atoms with E-state index in [-0.39, 0.29) is 37.2 Å². The lowest BCUT2D eigenvalue weighted by Gasteiger charge is -2.02. The number of carboxylic acids is 1. The molecule has 0 aliphatic heterocycles. The van der Waals surface area contributed by atoms with Gasteiger partial charge < -0.3 is 10.8 Å². The molecule has 12 heavy (non-hydrogen) atoms. The van der Waals surface area contributed by atoms with Crippen molar-refractivity contribution in [1.29, 1.82) is 0 Å². The van der Waals surface area contributed by atoms with Crippen molar-refractivity contribution in [1.82, 2.24) is 0 Å². The number of aliphatic carboxylic acids is 1. The highest BCUT2D eigenvalue weighted by Crippen LogP contribution is 1.97. The molecule has 0 unspecified atom stereocenters. The molecular weight excluding hydrogens is 244 g/mol. The second kappa shape index (κ2) is 14.2. The topological polar surface area (TPSA) is 63.3 Å². The molecule has 0 aromatic carbocycles. The fraction of sp³-hybridized carbons (Fsp3) is 0.800. The van der Waals surface area contributed by atoms with Gasteiger partial charge in [-0.15, -0.1) is 37.2 Å². The zero-order valence-corrected chi connectivity index (χ0v) is 9.82. The van der Waals surface area contributed by atoms with Crippen molar-refractivity contribution >= 4 is 55.0 Å². The Balaban J connectivity index is -0.000000107. The average molecular weight is 259 g/mol. The summed E-state index contributed by atoms with van der Waals surface area (Å²) in [6, 6.07) is -0.683. The van der Waals surface area contributed by atoms with Gasteiger partial charge in [-0.3, -0.25) is 4.79 Å². The first-order valence-electron chi connectivity index (χ1n) is 2.65. The molecule has 0 saturated carbocycles. The number of carboxylic acid groups (broad SMARTS) is 1. The van der Waals surface area contributed by atoms with E-state index in [4.69, 9.17) is 10.8 Å². The van der Waals surface area contributed by atoms with Crippen LogP contribution in [0.4, 0.5) is 0 Å². The van der Waals surface area contributed by atoms with Crippen LogP contribution >= 0.6 is 49.0 Å². The van der Waals surface area contributed by atoms with Gasteiger partial charge in [-0.2, -0.15) is 11.8 Å². The molecule has 7 heteroatoms. The molecule has 3 nitrogen and oxygen atoms in total. The van der Waals surface area contributed by atoms with E-state index in [1.54, 1.807) is 11.8 Å². The maximum Gasteiger partial charge on any atom is 0.320 e. The third-order valence-electron chi connectivity index (χ3n) is 0.950. The summed E-state index contributed by atoms with van der Waals surface area (Å²) in [5.74, 6) is -0.1000. The Morgan fingerprint density at radius 3 is 2.17 bits per heavy atom. The van der Waals surface area contributed by atoms with Gasteiger partial charge in [0.05, 0.1) is 0 Å². The van der Waals surface area contributed by atoms with Crippen LogP contribution < -0.4 is 5.73 Å². The second-order valence-corrected chi connectivity index (χ2v) is 2.71. The summed E-state index contributed by atoms with van der Waals surface area (Å²) >= 11 is 1.60. The van der Waals surface area contributed by atoms with Crippen LogP contribution in [0.3, 0.4) is 0 Å². The van der Waals surface area contributed by atoms with Gasteiger partial charge in [0.15, 0.2) is 0 Å². The lowest BCUT2D eigenvalue weighted by Crippen LogP contribution is -2.30. The fourth-order valence-electron chi connectivity index (χ4n) is 0.368. The van der Waals surface area contributed by atoms with Crippen LogP contribution in [0.5, 0.6) is 0 Å². The number of halogens is 3. The van der Waals surface area contributed by atoms with Crippen molar-refractivity contribution < 1.29 is 9.90 Å². The van der Waals surface area contributed by atoms with Crippen LogP contribution in [0.1, 0.15) is 6.42 Å². The molecule has 3 N–H and O–H groups in total. The van der Waals surface area contributed by atoms with Gasteiger partial charge in [0.2, 0.25) is 0 Å². The Morgan fingerprint density at radius 2 is 1.92 bits per heavy atom. The van der Waals surface area contributed by atoms with Gasteiger partial charge in [-0.1, -0.05) is 0 Å². The van der Waals surface area contributed by atoms with E-state index in [1.165, 1.54) is 0 Å². The Bertz CT molecular complexity index is 107.